The van der Waals surface area contributed by atoms with E-state index in [0.717, 1.165) is 51.4 Å². The largest absolute Gasteiger partial charge is 0.394 e. The Kier molecular flexibility index (Phi) is 43.2. The molecule has 1 amide bonds. The number of hydrogen-bond donors (Lipinski definition) is 4. The van der Waals surface area contributed by atoms with E-state index in [4.69, 9.17) is 0 Å². The highest BCUT2D eigenvalue weighted by Gasteiger charge is 2.20. The molecule has 0 saturated heterocycles. The second-order valence-electron chi connectivity index (χ2n) is 16.0. The molecule has 0 spiro atoms. The maximum atomic E-state index is 12.4. The third kappa shape index (κ3) is 41.5. The molecule has 320 valence electrons. The highest BCUT2D eigenvalue weighted by atomic mass is 16.3. The molecule has 0 saturated carbocycles. The quantitative estimate of drug-likeness (QED) is 0.0368. The Labute approximate surface area is 341 Å². The lowest BCUT2D eigenvalue weighted by Gasteiger charge is -2.21. The highest BCUT2D eigenvalue weighted by molar-refractivity contribution is 5.76. The van der Waals surface area contributed by atoms with E-state index in [2.05, 4.69) is 67.8 Å². The summed E-state index contributed by atoms with van der Waals surface area (Å²) in [7, 11) is 0. The van der Waals surface area contributed by atoms with Crippen LogP contribution < -0.4 is 5.32 Å². The molecule has 0 rings (SSSR count). The topological polar surface area (TPSA) is 89.8 Å². The lowest BCUT2D eigenvalue weighted by molar-refractivity contribution is -0.124. The Morgan fingerprint density at radius 1 is 0.473 bits per heavy atom. The standard InChI is InChI=1S/C50H91NO4/c1-3-5-7-9-11-13-15-16-17-18-19-20-21-22-23-24-25-26-27-28-29-30-31-32-34-35-37-39-41-43-47(53)45-50(55)51-48(46-52)49(54)44-42-40-38-36-33-14-12-10-8-6-4-2/h8,10,19-20,22-23,33,36,42,44,47-49,52-54H,3-7,9,11-18,21,24-32,34-35,37-41,43,45-46H2,1-2H3,(H,51,55)/b10-8+,20-19-,23-22-,36-33+,44-42+. The number of amides is 1. The zero-order valence-electron chi connectivity index (χ0n) is 36.3. The lowest BCUT2D eigenvalue weighted by Crippen LogP contribution is -2.45. The van der Waals surface area contributed by atoms with Crippen LogP contribution in [0.25, 0.3) is 0 Å². The summed E-state index contributed by atoms with van der Waals surface area (Å²) in [5, 5.41) is 33.1. The van der Waals surface area contributed by atoms with Crippen LogP contribution in [0.5, 0.6) is 0 Å². The van der Waals surface area contributed by atoms with Gasteiger partial charge in [0.1, 0.15) is 0 Å². The van der Waals surface area contributed by atoms with Crippen molar-refractivity contribution in [1.29, 1.82) is 0 Å². The third-order valence-corrected chi connectivity index (χ3v) is 10.5. The minimum atomic E-state index is -0.960. The van der Waals surface area contributed by atoms with Gasteiger partial charge >= 0.3 is 0 Å². The van der Waals surface area contributed by atoms with Crippen molar-refractivity contribution >= 4 is 5.91 Å². The molecule has 0 fully saturated rings. The fraction of sp³-hybridized carbons (Fsp3) is 0.780. The molecule has 0 aliphatic rings. The Morgan fingerprint density at radius 3 is 1.33 bits per heavy atom. The maximum Gasteiger partial charge on any atom is 0.222 e. The van der Waals surface area contributed by atoms with Crippen LogP contribution in [0.15, 0.2) is 60.8 Å². The zero-order chi connectivity index (χ0) is 40.1. The van der Waals surface area contributed by atoms with Crippen molar-refractivity contribution in [3.05, 3.63) is 60.8 Å². The fourth-order valence-electron chi connectivity index (χ4n) is 6.88. The van der Waals surface area contributed by atoms with Gasteiger partial charge in [0.2, 0.25) is 5.91 Å². The summed E-state index contributed by atoms with van der Waals surface area (Å²) >= 11 is 0. The summed E-state index contributed by atoms with van der Waals surface area (Å²) < 4.78 is 0. The molecule has 0 aromatic heterocycles. The summed E-state index contributed by atoms with van der Waals surface area (Å²) in [6, 6.07) is -0.768. The van der Waals surface area contributed by atoms with E-state index in [0.29, 0.717) is 6.42 Å². The summed E-state index contributed by atoms with van der Waals surface area (Å²) in [4.78, 5) is 12.4. The molecule has 4 N–H and O–H groups in total. The van der Waals surface area contributed by atoms with Crippen LogP contribution in [0.4, 0.5) is 0 Å². The third-order valence-electron chi connectivity index (χ3n) is 10.5. The minimum Gasteiger partial charge on any atom is -0.394 e. The van der Waals surface area contributed by atoms with Crippen LogP contribution in [0.3, 0.4) is 0 Å². The molecule has 3 atom stereocenters. The summed E-state index contributed by atoms with van der Waals surface area (Å²) in [6.45, 7) is 4.12. The van der Waals surface area contributed by atoms with E-state index in [-0.39, 0.29) is 18.9 Å². The van der Waals surface area contributed by atoms with E-state index >= 15 is 0 Å². The smallest absolute Gasteiger partial charge is 0.222 e. The first-order valence-corrected chi connectivity index (χ1v) is 23.6. The van der Waals surface area contributed by atoms with Crippen molar-refractivity contribution in [2.24, 2.45) is 0 Å². The predicted molar refractivity (Wildman–Crippen MR) is 240 cm³/mol. The van der Waals surface area contributed by atoms with Crippen molar-refractivity contribution in [3.8, 4) is 0 Å². The van der Waals surface area contributed by atoms with E-state index in [1.54, 1.807) is 6.08 Å². The summed E-state index contributed by atoms with van der Waals surface area (Å²) in [6.07, 6.45) is 59.6. The fourth-order valence-corrected chi connectivity index (χ4v) is 6.88. The normalized spacial score (nSPS) is 14.1. The van der Waals surface area contributed by atoms with Crippen LogP contribution in [0.2, 0.25) is 0 Å². The molecular weight excluding hydrogens is 679 g/mol. The molecule has 0 bridgehead atoms. The molecule has 5 nitrogen and oxygen atoms in total. The number of unbranched alkanes of at least 4 members (excludes halogenated alkanes) is 25. The van der Waals surface area contributed by atoms with Gasteiger partial charge in [0.15, 0.2) is 0 Å². The van der Waals surface area contributed by atoms with Gasteiger partial charge in [0.05, 0.1) is 31.3 Å². The number of rotatable bonds is 42. The molecular formula is C50H91NO4. The molecule has 0 aromatic carbocycles. The van der Waals surface area contributed by atoms with E-state index in [1.165, 1.54) is 148 Å². The van der Waals surface area contributed by atoms with Crippen molar-refractivity contribution in [2.45, 2.75) is 244 Å². The number of aliphatic hydroxyl groups is 3. The molecule has 0 radical (unpaired) electrons. The number of nitrogens with one attached hydrogen (secondary N) is 1. The Bertz CT molecular complexity index is 938. The highest BCUT2D eigenvalue weighted by Crippen LogP contribution is 2.15. The number of aliphatic hydroxyl groups excluding tert-OH is 3. The van der Waals surface area contributed by atoms with Gasteiger partial charge in [0, 0.05) is 0 Å². The first kappa shape index (κ1) is 53.0. The number of allylic oxidation sites excluding steroid dienone is 9. The number of hydrogen-bond acceptors (Lipinski definition) is 4. The summed E-state index contributed by atoms with van der Waals surface area (Å²) in [5.74, 6) is -0.333. The van der Waals surface area contributed by atoms with E-state index in [9.17, 15) is 20.1 Å². The van der Waals surface area contributed by atoms with Gasteiger partial charge in [-0.3, -0.25) is 4.79 Å². The van der Waals surface area contributed by atoms with Gasteiger partial charge in [-0.15, -0.1) is 0 Å². The van der Waals surface area contributed by atoms with Crippen LogP contribution in [0, 0.1) is 0 Å². The van der Waals surface area contributed by atoms with Gasteiger partial charge in [-0.1, -0.05) is 209 Å². The van der Waals surface area contributed by atoms with E-state index in [1.807, 2.05) is 6.08 Å². The van der Waals surface area contributed by atoms with Gasteiger partial charge in [0.25, 0.3) is 0 Å². The van der Waals surface area contributed by atoms with Crippen molar-refractivity contribution in [2.75, 3.05) is 6.61 Å². The van der Waals surface area contributed by atoms with Crippen molar-refractivity contribution in [3.63, 3.8) is 0 Å². The van der Waals surface area contributed by atoms with E-state index < -0.39 is 18.2 Å². The average molecular weight is 770 g/mol. The molecule has 0 aliphatic heterocycles. The average Bonchev–Trinajstić information content (AvgIpc) is 3.18. The molecule has 3 unspecified atom stereocenters. The SMILES string of the molecule is CCC/C=C/CC/C=C/CC/C=C/C(O)C(CO)NC(=O)CC(O)CCCCCCCCCCCCCCC/C=C\C/C=C\CCCCCCCCCCC. The van der Waals surface area contributed by atoms with Gasteiger partial charge in [-0.2, -0.15) is 0 Å². The monoisotopic (exact) mass is 770 g/mol. The van der Waals surface area contributed by atoms with Gasteiger partial charge < -0.3 is 20.6 Å². The second kappa shape index (κ2) is 44.8. The first-order chi connectivity index (χ1) is 27.0. The van der Waals surface area contributed by atoms with Crippen LogP contribution in [-0.4, -0.2) is 46.1 Å². The number of carbonyl (C=O) groups excluding carboxylic acids is 1. The predicted octanol–water partition coefficient (Wildman–Crippen LogP) is 13.9. The zero-order valence-corrected chi connectivity index (χ0v) is 36.3. The lowest BCUT2D eigenvalue weighted by atomic mass is 10.0. The first-order valence-electron chi connectivity index (χ1n) is 23.6. The second-order valence-corrected chi connectivity index (χ2v) is 16.0. The summed E-state index contributed by atoms with van der Waals surface area (Å²) in [5.41, 5.74) is 0. The van der Waals surface area contributed by atoms with Gasteiger partial charge in [-0.05, 0) is 70.6 Å². The maximum absolute atomic E-state index is 12.4. The number of carbonyl (C=O) groups is 1. The van der Waals surface area contributed by atoms with Crippen LogP contribution >= 0.6 is 0 Å². The Hall–Kier alpha value is -1.95. The molecule has 5 heteroatoms. The van der Waals surface area contributed by atoms with Crippen LogP contribution in [-0.2, 0) is 4.79 Å². The Morgan fingerprint density at radius 2 is 0.873 bits per heavy atom. The Balaban J connectivity index is 3.59. The van der Waals surface area contributed by atoms with Crippen LogP contribution in [0.1, 0.15) is 226 Å². The molecule has 55 heavy (non-hydrogen) atoms. The molecule has 0 heterocycles. The minimum absolute atomic E-state index is 0.000235. The van der Waals surface area contributed by atoms with Crippen molar-refractivity contribution < 1.29 is 20.1 Å². The molecule has 0 aromatic rings. The van der Waals surface area contributed by atoms with Gasteiger partial charge in [-0.25, -0.2) is 0 Å². The molecule has 0 aliphatic carbocycles. The van der Waals surface area contributed by atoms with Crippen molar-refractivity contribution in [1.82, 2.24) is 5.32 Å².